The fourth-order valence-electron chi connectivity index (χ4n) is 2.26. The van der Waals surface area contributed by atoms with E-state index in [1.54, 1.807) is 21.9 Å². The number of amides is 2. The summed E-state index contributed by atoms with van der Waals surface area (Å²) in [7, 11) is 0. The van der Waals surface area contributed by atoms with Crippen molar-refractivity contribution in [1.29, 1.82) is 0 Å². The molecule has 2 amide bonds. The number of hydrogen-bond acceptors (Lipinski definition) is 4. The number of carbonyl (C=O) groups is 2. The number of ether oxygens (including phenoxy) is 1. The van der Waals surface area contributed by atoms with Gasteiger partial charge in [0.25, 0.3) is 0 Å². The number of carbonyl (C=O) groups excluding carboxylic acids is 2. The Morgan fingerprint density at radius 3 is 2.43 bits per heavy atom. The molecule has 0 aromatic heterocycles. The molecule has 1 aliphatic heterocycles. The lowest BCUT2D eigenvalue weighted by molar-refractivity contribution is -0.150. The average Bonchev–Trinajstić information content (AvgIpc) is 2.44. The largest absolute Gasteiger partial charge is 0.492 e. The third kappa shape index (κ3) is 4.11. The van der Waals surface area contributed by atoms with Crippen LogP contribution in [0.25, 0.3) is 0 Å². The molecule has 6 heteroatoms. The molecule has 2 N–H and O–H groups in total. The maximum Gasteiger partial charge on any atom is 0.242 e. The summed E-state index contributed by atoms with van der Waals surface area (Å²) in [6.45, 7) is 3.68. The van der Waals surface area contributed by atoms with Crippen LogP contribution in [0.2, 0.25) is 0 Å². The lowest BCUT2D eigenvalue weighted by atomic mass is 10.2. The first-order chi connectivity index (χ1) is 10.1. The van der Waals surface area contributed by atoms with Gasteiger partial charge in [0.2, 0.25) is 11.8 Å². The number of piperazine rings is 1. The highest BCUT2D eigenvalue weighted by Crippen LogP contribution is 2.14. The molecule has 1 saturated heterocycles. The van der Waals surface area contributed by atoms with Gasteiger partial charge in [0.1, 0.15) is 12.4 Å². The maximum atomic E-state index is 12.0. The fourth-order valence-corrected chi connectivity index (χ4v) is 2.26. The smallest absolute Gasteiger partial charge is 0.242 e. The van der Waals surface area contributed by atoms with E-state index in [4.69, 9.17) is 10.5 Å². The second-order valence-corrected chi connectivity index (χ2v) is 5.05. The predicted molar refractivity (Wildman–Crippen MR) is 79.8 cm³/mol. The van der Waals surface area contributed by atoms with Gasteiger partial charge < -0.3 is 20.3 Å². The van der Waals surface area contributed by atoms with E-state index in [9.17, 15) is 9.59 Å². The Morgan fingerprint density at radius 2 is 1.81 bits per heavy atom. The molecule has 2 rings (SSSR count). The number of benzene rings is 1. The summed E-state index contributed by atoms with van der Waals surface area (Å²) in [5.41, 5.74) is 6.29. The van der Waals surface area contributed by atoms with Crippen LogP contribution in [0, 0.1) is 0 Å². The molecule has 1 aromatic carbocycles. The maximum absolute atomic E-state index is 12.0. The molecule has 21 heavy (non-hydrogen) atoms. The Labute approximate surface area is 124 Å². The zero-order valence-corrected chi connectivity index (χ0v) is 12.2. The molecule has 1 fully saturated rings. The molecule has 0 bridgehead atoms. The highest BCUT2D eigenvalue weighted by Gasteiger charge is 2.28. The van der Waals surface area contributed by atoms with Crippen LogP contribution in [-0.4, -0.2) is 54.4 Å². The van der Waals surface area contributed by atoms with E-state index in [0.29, 0.717) is 31.1 Å². The van der Waals surface area contributed by atoms with E-state index in [2.05, 4.69) is 0 Å². The van der Waals surface area contributed by atoms with Gasteiger partial charge in [-0.15, -0.1) is 0 Å². The summed E-state index contributed by atoms with van der Waals surface area (Å²) < 4.78 is 5.55. The molecular weight excluding hydrogens is 270 g/mol. The van der Waals surface area contributed by atoms with Crippen molar-refractivity contribution in [2.75, 3.05) is 38.5 Å². The quantitative estimate of drug-likeness (QED) is 0.784. The number of hydrogen-bond donors (Lipinski definition) is 1. The van der Waals surface area contributed by atoms with Crippen LogP contribution in [0.3, 0.4) is 0 Å². The van der Waals surface area contributed by atoms with Crippen molar-refractivity contribution < 1.29 is 14.3 Å². The molecule has 1 aliphatic rings. The molecule has 0 aliphatic carbocycles. The molecular formula is C15H21N3O3. The van der Waals surface area contributed by atoms with E-state index in [1.165, 1.54) is 0 Å². The number of nitrogens with two attached hydrogens (primary N) is 1. The minimum absolute atomic E-state index is 0.000376. The highest BCUT2D eigenvalue weighted by atomic mass is 16.5. The van der Waals surface area contributed by atoms with E-state index in [1.807, 2.05) is 19.1 Å². The third-order valence-electron chi connectivity index (χ3n) is 3.34. The topological polar surface area (TPSA) is 75.9 Å². The van der Waals surface area contributed by atoms with Crippen molar-refractivity contribution in [2.24, 2.45) is 0 Å². The van der Waals surface area contributed by atoms with E-state index in [-0.39, 0.29) is 24.9 Å². The predicted octanol–water partition coefficient (Wildman–Crippen LogP) is 0.728. The Hall–Kier alpha value is -2.24. The third-order valence-corrected chi connectivity index (χ3v) is 3.34. The summed E-state index contributed by atoms with van der Waals surface area (Å²) in [4.78, 5) is 27.0. The van der Waals surface area contributed by atoms with Gasteiger partial charge in [-0.1, -0.05) is 13.0 Å². The molecule has 0 atom stereocenters. The fraction of sp³-hybridized carbons (Fsp3) is 0.467. The summed E-state index contributed by atoms with van der Waals surface area (Å²) in [5.74, 6) is 0.637. The summed E-state index contributed by atoms with van der Waals surface area (Å²) in [5, 5.41) is 0. The number of rotatable bonds is 6. The molecule has 1 aromatic rings. The van der Waals surface area contributed by atoms with Gasteiger partial charge in [0, 0.05) is 18.3 Å². The highest BCUT2D eigenvalue weighted by molar-refractivity contribution is 5.92. The monoisotopic (exact) mass is 291 g/mol. The van der Waals surface area contributed by atoms with Crippen LogP contribution in [-0.2, 0) is 9.59 Å². The zero-order valence-electron chi connectivity index (χ0n) is 12.2. The minimum Gasteiger partial charge on any atom is -0.492 e. The standard InChI is InChI=1S/C15H21N3O3/c1-2-6-17-10-15(20)18(11-14(17)19)7-8-21-13-5-3-4-12(16)9-13/h3-5,9H,2,6-8,10-11,16H2,1H3. The molecule has 114 valence electrons. The van der Waals surface area contributed by atoms with Crippen molar-refractivity contribution in [1.82, 2.24) is 9.80 Å². The summed E-state index contributed by atoms with van der Waals surface area (Å²) in [6.07, 6.45) is 0.859. The van der Waals surface area contributed by atoms with Crippen molar-refractivity contribution in [3.05, 3.63) is 24.3 Å². The molecule has 1 heterocycles. The van der Waals surface area contributed by atoms with Gasteiger partial charge >= 0.3 is 0 Å². The lowest BCUT2D eigenvalue weighted by Gasteiger charge is -2.33. The second-order valence-electron chi connectivity index (χ2n) is 5.05. The van der Waals surface area contributed by atoms with E-state index >= 15 is 0 Å². The van der Waals surface area contributed by atoms with Gasteiger partial charge in [-0.25, -0.2) is 0 Å². The zero-order chi connectivity index (χ0) is 15.2. The van der Waals surface area contributed by atoms with Crippen LogP contribution < -0.4 is 10.5 Å². The van der Waals surface area contributed by atoms with Crippen LogP contribution in [0.15, 0.2) is 24.3 Å². The van der Waals surface area contributed by atoms with Gasteiger partial charge in [-0.05, 0) is 18.6 Å². The minimum atomic E-state index is -0.0285. The SMILES string of the molecule is CCCN1CC(=O)N(CCOc2cccc(N)c2)CC1=O. The normalized spacial score (nSPS) is 15.5. The molecule has 0 radical (unpaired) electrons. The Bertz CT molecular complexity index is 519. The summed E-state index contributed by atoms with van der Waals surface area (Å²) >= 11 is 0. The molecule has 0 spiro atoms. The molecule has 0 unspecified atom stereocenters. The lowest BCUT2D eigenvalue weighted by Crippen LogP contribution is -2.54. The summed E-state index contributed by atoms with van der Waals surface area (Å²) in [6, 6.07) is 7.12. The Kier molecular flexibility index (Phi) is 5.03. The number of nitrogen functional groups attached to an aromatic ring is 1. The van der Waals surface area contributed by atoms with Gasteiger partial charge in [-0.3, -0.25) is 9.59 Å². The van der Waals surface area contributed by atoms with Gasteiger partial charge in [-0.2, -0.15) is 0 Å². The number of nitrogens with zero attached hydrogens (tertiary/aromatic N) is 2. The van der Waals surface area contributed by atoms with E-state index in [0.717, 1.165) is 6.42 Å². The first kappa shape index (κ1) is 15.2. The van der Waals surface area contributed by atoms with Crippen molar-refractivity contribution in [3.63, 3.8) is 0 Å². The Balaban J connectivity index is 1.81. The second kappa shape index (κ2) is 6.97. The molecule has 6 nitrogen and oxygen atoms in total. The van der Waals surface area contributed by atoms with Crippen LogP contribution >= 0.6 is 0 Å². The van der Waals surface area contributed by atoms with Gasteiger partial charge in [0.15, 0.2) is 0 Å². The van der Waals surface area contributed by atoms with Crippen LogP contribution in [0.4, 0.5) is 5.69 Å². The average molecular weight is 291 g/mol. The van der Waals surface area contributed by atoms with Crippen molar-refractivity contribution in [2.45, 2.75) is 13.3 Å². The van der Waals surface area contributed by atoms with Crippen LogP contribution in [0.1, 0.15) is 13.3 Å². The number of anilines is 1. The first-order valence-electron chi connectivity index (χ1n) is 7.14. The Morgan fingerprint density at radius 1 is 1.14 bits per heavy atom. The van der Waals surface area contributed by atoms with Gasteiger partial charge in [0.05, 0.1) is 19.6 Å². The van der Waals surface area contributed by atoms with Crippen molar-refractivity contribution in [3.8, 4) is 5.75 Å². The van der Waals surface area contributed by atoms with E-state index < -0.39 is 0 Å². The first-order valence-corrected chi connectivity index (χ1v) is 7.14. The van der Waals surface area contributed by atoms with Crippen molar-refractivity contribution >= 4 is 17.5 Å². The van der Waals surface area contributed by atoms with Crippen LogP contribution in [0.5, 0.6) is 5.75 Å². The molecule has 0 saturated carbocycles.